The molecule has 2 aromatic rings. The first-order valence-electron chi connectivity index (χ1n) is 8.04. The summed E-state index contributed by atoms with van der Waals surface area (Å²) in [6.45, 7) is 2.01. The fourth-order valence-electron chi connectivity index (χ4n) is 2.52. The van der Waals surface area contributed by atoms with Gasteiger partial charge in [0.1, 0.15) is 0 Å². The van der Waals surface area contributed by atoms with Crippen molar-refractivity contribution < 1.29 is 13.2 Å². The Morgan fingerprint density at radius 1 is 1.08 bits per heavy atom. The van der Waals surface area contributed by atoms with Crippen LogP contribution in [-0.2, 0) is 10.0 Å². The SMILES string of the molecule is CC(NC(=O)c1ccc(NS(=O)(=O)c2ccc(Br)cc2)cc1)C1CC1. The maximum Gasteiger partial charge on any atom is 0.261 e. The number of carbonyl (C=O) groups is 1. The molecule has 1 amide bonds. The van der Waals surface area contributed by atoms with Gasteiger partial charge in [-0.15, -0.1) is 0 Å². The standard InChI is InChI=1S/C18H19BrN2O3S/c1-12(13-2-3-13)20-18(22)14-4-8-16(9-5-14)21-25(23,24)17-10-6-15(19)7-11-17/h4-13,21H,2-3H2,1H3,(H,20,22). The average Bonchev–Trinajstić information content (AvgIpc) is 3.40. The lowest BCUT2D eigenvalue weighted by Gasteiger charge is -2.13. The Balaban J connectivity index is 1.67. The summed E-state index contributed by atoms with van der Waals surface area (Å²) in [5, 5.41) is 2.97. The van der Waals surface area contributed by atoms with Crippen LogP contribution in [0.2, 0.25) is 0 Å². The van der Waals surface area contributed by atoms with Crippen molar-refractivity contribution in [3.8, 4) is 0 Å². The minimum atomic E-state index is -3.66. The van der Waals surface area contributed by atoms with Gasteiger partial charge in [-0.25, -0.2) is 8.42 Å². The molecule has 1 unspecified atom stereocenters. The Kier molecular flexibility index (Phi) is 5.15. The van der Waals surface area contributed by atoms with Crippen LogP contribution in [-0.4, -0.2) is 20.4 Å². The van der Waals surface area contributed by atoms with E-state index in [9.17, 15) is 13.2 Å². The van der Waals surface area contributed by atoms with Crippen LogP contribution in [0.25, 0.3) is 0 Å². The van der Waals surface area contributed by atoms with Gasteiger partial charge < -0.3 is 5.32 Å². The van der Waals surface area contributed by atoms with Crippen LogP contribution in [0.4, 0.5) is 5.69 Å². The summed E-state index contributed by atoms with van der Waals surface area (Å²) in [6, 6.07) is 13.0. The number of carbonyl (C=O) groups excluding carboxylic acids is 1. The number of rotatable bonds is 6. The number of hydrogen-bond donors (Lipinski definition) is 2. The summed E-state index contributed by atoms with van der Waals surface area (Å²) in [5.41, 5.74) is 0.925. The van der Waals surface area contributed by atoms with Gasteiger partial charge in [-0.1, -0.05) is 15.9 Å². The summed E-state index contributed by atoms with van der Waals surface area (Å²) in [6.07, 6.45) is 2.33. The van der Waals surface area contributed by atoms with Crippen LogP contribution in [0.5, 0.6) is 0 Å². The molecule has 0 bridgehead atoms. The second kappa shape index (κ2) is 7.17. The van der Waals surface area contributed by atoms with E-state index in [-0.39, 0.29) is 16.8 Å². The van der Waals surface area contributed by atoms with Gasteiger partial charge in [0.25, 0.3) is 15.9 Å². The predicted octanol–water partition coefficient (Wildman–Crippen LogP) is 3.78. The van der Waals surface area contributed by atoms with Gasteiger partial charge in [-0.05, 0) is 74.2 Å². The summed E-state index contributed by atoms with van der Waals surface area (Å²) < 4.78 is 28.0. The third kappa shape index (κ3) is 4.61. The molecule has 0 saturated heterocycles. The van der Waals surface area contributed by atoms with Crippen LogP contribution in [0, 0.1) is 5.92 Å². The zero-order chi connectivity index (χ0) is 18.0. The quantitative estimate of drug-likeness (QED) is 0.743. The third-order valence-electron chi connectivity index (χ3n) is 4.21. The second-order valence-corrected chi connectivity index (χ2v) is 8.83. The molecule has 25 heavy (non-hydrogen) atoms. The van der Waals surface area contributed by atoms with Gasteiger partial charge in [0.2, 0.25) is 0 Å². The monoisotopic (exact) mass is 422 g/mol. The first kappa shape index (κ1) is 17.9. The average molecular weight is 423 g/mol. The van der Waals surface area contributed by atoms with Crippen molar-refractivity contribution >= 4 is 37.5 Å². The van der Waals surface area contributed by atoms with E-state index in [4.69, 9.17) is 0 Å². The molecule has 0 aromatic heterocycles. The Bertz CT molecular complexity index is 860. The molecular formula is C18H19BrN2O3S. The molecule has 0 radical (unpaired) electrons. The molecule has 3 rings (SSSR count). The lowest BCUT2D eigenvalue weighted by Crippen LogP contribution is -2.33. The van der Waals surface area contributed by atoms with Crippen LogP contribution in [0.1, 0.15) is 30.1 Å². The Labute approximate surface area is 156 Å². The topological polar surface area (TPSA) is 75.3 Å². The van der Waals surface area contributed by atoms with Crippen LogP contribution >= 0.6 is 15.9 Å². The van der Waals surface area contributed by atoms with E-state index in [0.29, 0.717) is 17.2 Å². The summed E-state index contributed by atoms with van der Waals surface area (Å²) >= 11 is 3.28. The first-order chi connectivity index (χ1) is 11.8. The number of benzene rings is 2. The number of halogens is 1. The summed E-state index contributed by atoms with van der Waals surface area (Å²) in [7, 11) is -3.66. The van der Waals surface area contributed by atoms with E-state index in [2.05, 4.69) is 26.0 Å². The zero-order valence-electron chi connectivity index (χ0n) is 13.7. The summed E-state index contributed by atoms with van der Waals surface area (Å²) in [4.78, 5) is 12.4. The van der Waals surface area contributed by atoms with E-state index in [1.807, 2.05) is 6.92 Å². The van der Waals surface area contributed by atoms with Gasteiger partial charge in [0.15, 0.2) is 0 Å². The molecule has 0 heterocycles. The number of anilines is 1. The molecule has 1 aliphatic rings. The Hall–Kier alpha value is -1.86. The molecule has 1 atom stereocenters. The highest BCUT2D eigenvalue weighted by Crippen LogP contribution is 2.32. The van der Waals surface area contributed by atoms with Gasteiger partial charge in [-0.2, -0.15) is 0 Å². The molecule has 1 saturated carbocycles. The molecule has 2 N–H and O–H groups in total. The van der Waals surface area contributed by atoms with Gasteiger partial charge in [-0.3, -0.25) is 9.52 Å². The van der Waals surface area contributed by atoms with Crippen molar-refractivity contribution in [3.63, 3.8) is 0 Å². The molecule has 5 nitrogen and oxygen atoms in total. The van der Waals surface area contributed by atoms with Crippen LogP contribution in [0.3, 0.4) is 0 Å². The molecule has 132 valence electrons. The van der Waals surface area contributed by atoms with Crippen molar-refractivity contribution in [1.29, 1.82) is 0 Å². The maximum absolute atomic E-state index is 12.4. The van der Waals surface area contributed by atoms with Crippen LogP contribution < -0.4 is 10.0 Å². The minimum Gasteiger partial charge on any atom is -0.349 e. The minimum absolute atomic E-state index is 0.137. The van der Waals surface area contributed by atoms with Gasteiger partial charge in [0, 0.05) is 21.8 Å². The number of amides is 1. The fraction of sp³-hybridized carbons (Fsp3) is 0.278. The molecule has 0 spiro atoms. The number of sulfonamides is 1. The van der Waals surface area contributed by atoms with Gasteiger partial charge in [0.05, 0.1) is 4.90 Å². The largest absolute Gasteiger partial charge is 0.349 e. The molecule has 1 aliphatic carbocycles. The van der Waals surface area contributed by atoms with E-state index >= 15 is 0 Å². The Morgan fingerprint density at radius 2 is 1.68 bits per heavy atom. The summed E-state index contributed by atoms with van der Waals surface area (Å²) in [5.74, 6) is 0.447. The highest BCUT2D eigenvalue weighted by molar-refractivity contribution is 9.10. The third-order valence-corrected chi connectivity index (χ3v) is 6.14. The smallest absolute Gasteiger partial charge is 0.261 e. The first-order valence-corrected chi connectivity index (χ1v) is 10.3. The van der Waals surface area contributed by atoms with Crippen molar-refractivity contribution in [2.24, 2.45) is 5.92 Å². The van der Waals surface area contributed by atoms with E-state index in [1.54, 1.807) is 36.4 Å². The number of nitrogens with one attached hydrogen (secondary N) is 2. The molecular weight excluding hydrogens is 404 g/mol. The molecule has 1 fully saturated rings. The lowest BCUT2D eigenvalue weighted by atomic mass is 10.1. The van der Waals surface area contributed by atoms with Gasteiger partial charge >= 0.3 is 0 Å². The normalized spacial score (nSPS) is 15.4. The fourth-order valence-corrected chi connectivity index (χ4v) is 3.84. The lowest BCUT2D eigenvalue weighted by molar-refractivity contribution is 0.0936. The molecule has 7 heteroatoms. The van der Waals surface area contributed by atoms with Crippen LogP contribution in [0.15, 0.2) is 57.9 Å². The van der Waals surface area contributed by atoms with Crippen molar-refractivity contribution in [1.82, 2.24) is 5.32 Å². The zero-order valence-corrected chi connectivity index (χ0v) is 16.1. The highest BCUT2D eigenvalue weighted by Gasteiger charge is 2.29. The van der Waals surface area contributed by atoms with Crippen molar-refractivity contribution in [2.45, 2.75) is 30.7 Å². The van der Waals surface area contributed by atoms with E-state index < -0.39 is 10.0 Å². The van der Waals surface area contributed by atoms with E-state index in [0.717, 1.165) is 17.3 Å². The van der Waals surface area contributed by atoms with E-state index in [1.165, 1.54) is 12.1 Å². The maximum atomic E-state index is 12.4. The highest BCUT2D eigenvalue weighted by atomic mass is 79.9. The number of hydrogen-bond acceptors (Lipinski definition) is 3. The van der Waals surface area contributed by atoms with Crippen molar-refractivity contribution in [3.05, 3.63) is 58.6 Å². The van der Waals surface area contributed by atoms with Crippen molar-refractivity contribution in [2.75, 3.05) is 4.72 Å². The second-order valence-electron chi connectivity index (χ2n) is 6.24. The predicted molar refractivity (Wildman–Crippen MR) is 101 cm³/mol. The molecule has 0 aliphatic heterocycles. The molecule has 2 aromatic carbocycles. The Morgan fingerprint density at radius 3 is 2.24 bits per heavy atom.